The highest BCUT2D eigenvalue weighted by molar-refractivity contribution is 6.30. The Bertz CT molecular complexity index is 1630. The lowest BCUT2D eigenvalue weighted by atomic mass is 9.83. The van der Waals surface area contributed by atoms with Gasteiger partial charge in [-0.1, -0.05) is 54.7 Å². The van der Waals surface area contributed by atoms with Crippen LogP contribution in [0, 0.1) is 11.8 Å². The molecule has 0 spiro atoms. The van der Waals surface area contributed by atoms with Crippen LogP contribution in [0.15, 0.2) is 64.2 Å². The van der Waals surface area contributed by atoms with Gasteiger partial charge in [0.15, 0.2) is 0 Å². The van der Waals surface area contributed by atoms with Crippen LogP contribution < -0.4 is 10.7 Å². The Morgan fingerprint density at radius 3 is 2.61 bits per heavy atom. The SMILES string of the molecule is CN(c1ccccc1)c1nc2cc(-c3noc(=O)[nH]3)nc(-c3cncc(Cl)c3)c2n1C[C@H]1CC[C@H](C)CC1. The highest BCUT2D eigenvalue weighted by Crippen LogP contribution is 2.38. The molecule has 0 atom stereocenters. The second-order valence-corrected chi connectivity index (χ2v) is 10.5. The van der Waals surface area contributed by atoms with Crippen molar-refractivity contribution in [3.05, 3.63) is 70.4 Å². The molecule has 0 radical (unpaired) electrons. The van der Waals surface area contributed by atoms with E-state index in [9.17, 15) is 4.79 Å². The second-order valence-electron chi connectivity index (χ2n) is 10.1. The van der Waals surface area contributed by atoms with E-state index in [2.05, 4.69) is 43.6 Å². The molecule has 1 fully saturated rings. The number of nitrogens with one attached hydrogen (secondary N) is 1. The van der Waals surface area contributed by atoms with Gasteiger partial charge in [0.1, 0.15) is 5.69 Å². The van der Waals surface area contributed by atoms with E-state index < -0.39 is 5.76 Å². The lowest BCUT2D eigenvalue weighted by Gasteiger charge is -2.28. The van der Waals surface area contributed by atoms with Gasteiger partial charge in [-0.2, -0.15) is 0 Å². The molecule has 0 bridgehead atoms. The summed E-state index contributed by atoms with van der Waals surface area (Å²) in [7, 11) is 2.03. The predicted molar refractivity (Wildman–Crippen MR) is 148 cm³/mol. The van der Waals surface area contributed by atoms with Crippen molar-refractivity contribution in [1.82, 2.24) is 29.7 Å². The lowest BCUT2D eigenvalue weighted by Crippen LogP contribution is -2.21. The fourth-order valence-electron chi connectivity index (χ4n) is 5.31. The highest BCUT2D eigenvalue weighted by atomic mass is 35.5. The zero-order valence-electron chi connectivity index (χ0n) is 21.3. The zero-order valence-corrected chi connectivity index (χ0v) is 22.0. The Hall–Kier alpha value is -3.98. The molecule has 1 aromatic carbocycles. The number of H-pyrrole nitrogens is 1. The third-order valence-electron chi connectivity index (χ3n) is 7.39. The Morgan fingerprint density at radius 1 is 1.11 bits per heavy atom. The minimum Gasteiger partial charge on any atom is -0.315 e. The van der Waals surface area contributed by atoms with Crippen molar-refractivity contribution in [1.29, 1.82) is 0 Å². The first-order valence-corrected chi connectivity index (χ1v) is 13.2. The molecule has 1 N–H and O–H groups in total. The van der Waals surface area contributed by atoms with E-state index in [0.29, 0.717) is 22.3 Å². The van der Waals surface area contributed by atoms with Crippen LogP contribution in [-0.2, 0) is 6.54 Å². The number of benzene rings is 1. The van der Waals surface area contributed by atoms with Gasteiger partial charge in [0.05, 0.1) is 21.7 Å². The first-order valence-electron chi connectivity index (χ1n) is 12.8. The average molecular weight is 530 g/mol. The number of aromatic amines is 1. The molecule has 38 heavy (non-hydrogen) atoms. The quantitative estimate of drug-likeness (QED) is 0.284. The summed E-state index contributed by atoms with van der Waals surface area (Å²) < 4.78 is 7.04. The Labute approximate surface area is 224 Å². The molecule has 9 nitrogen and oxygen atoms in total. The van der Waals surface area contributed by atoms with Crippen molar-refractivity contribution in [3.8, 4) is 22.8 Å². The van der Waals surface area contributed by atoms with Gasteiger partial charge in [-0.05, 0) is 48.9 Å². The first-order chi connectivity index (χ1) is 18.5. The second kappa shape index (κ2) is 10.1. The number of anilines is 2. The molecule has 4 heterocycles. The fourth-order valence-corrected chi connectivity index (χ4v) is 5.49. The summed E-state index contributed by atoms with van der Waals surface area (Å²) in [5, 5.41) is 4.37. The molecule has 1 aliphatic rings. The van der Waals surface area contributed by atoms with E-state index in [0.717, 1.165) is 40.7 Å². The van der Waals surface area contributed by atoms with Gasteiger partial charge >= 0.3 is 5.76 Å². The molecule has 10 heteroatoms. The summed E-state index contributed by atoms with van der Waals surface area (Å²) in [5.41, 5.74) is 4.52. The number of pyridine rings is 2. The number of fused-ring (bicyclic) bond motifs is 1. The van der Waals surface area contributed by atoms with Crippen LogP contribution >= 0.6 is 11.6 Å². The number of hydrogen-bond donors (Lipinski definition) is 1. The normalized spacial score (nSPS) is 17.7. The third-order valence-corrected chi connectivity index (χ3v) is 7.59. The average Bonchev–Trinajstić information content (AvgIpc) is 3.53. The van der Waals surface area contributed by atoms with Gasteiger partial charge in [0.25, 0.3) is 0 Å². The highest BCUT2D eigenvalue weighted by Gasteiger charge is 2.26. The van der Waals surface area contributed by atoms with Crippen molar-refractivity contribution < 1.29 is 4.52 Å². The predicted octanol–water partition coefficient (Wildman–Crippen LogP) is 6.08. The number of imidazole rings is 1. The molecule has 5 aromatic rings. The maximum absolute atomic E-state index is 11.7. The Morgan fingerprint density at radius 2 is 1.89 bits per heavy atom. The zero-order chi connectivity index (χ0) is 26.2. The van der Waals surface area contributed by atoms with E-state index in [1.54, 1.807) is 12.4 Å². The number of rotatable bonds is 6. The molecule has 4 aromatic heterocycles. The van der Waals surface area contributed by atoms with E-state index in [-0.39, 0.29) is 5.82 Å². The minimum atomic E-state index is -0.644. The van der Waals surface area contributed by atoms with Crippen molar-refractivity contribution in [2.75, 3.05) is 11.9 Å². The van der Waals surface area contributed by atoms with Crippen LogP contribution in [0.1, 0.15) is 32.6 Å². The van der Waals surface area contributed by atoms with Gasteiger partial charge in [-0.3, -0.25) is 14.5 Å². The van der Waals surface area contributed by atoms with Crippen molar-refractivity contribution in [3.63, 3.8) is 0 Å². The summed E-state index contributed by atoms with van der Waals surface area (Å²) in [4.78, 5) is 30.8. The molecular weight excluding hydrogens is 502 g/mol. The lowest BCUT2D eigenvalue weighted by molar-refractivity contribution is 0.267. The molecule has 0 unspecified atom stereocenters. The van der Waals surface area contributed by atoms with Gasteiger partial charge in [0.2, 0.25) is 11.8 Å². The van der Waals surface area contributed by atoms with Crippen molar-refractivity contribution >= 4 is 34.3 Å². The molecule has 1 aliphatic carbocycles. The van der Waals surface area contributed by atoms with Crippen LogP contribution in [0.4, 0.5) is 11.6 Å². The Kier molecular flexibility index (Phi) is 6.45. The van der Waals surface area contributed by atoms with Crippen LogP contribution in [0.3, 0.4) is 0 Å². The fraction of sp³-hybridized carbons (Fsp3) is 0.321. The largest absolute Gasteiger partial charge is 0.439 e. The smallest absolute Gasteiger partial charge is 0.315 e. The van der Waals surface area contributed by atoms with E-state index >= 15 is 0 Å². The number of halogens is 1. The number of hydrogen-bond acceptors (Lipinski definition) is 7. The van der Waals surface area contributed by atoms with E-state index in [1.165, 1.54) is 25.7 Å². The maximum Gasteiger partial charge on any atom is 0.439 e. The standard InChI is InChI=1S/C28H28ClN7O2/c1-17-8-10-18(11-9-17)16-36-25-22(32-27(36)35(2)21-6-4-3-5-7-21)13-23(26-33-28(37)38-34-26)31-24(25)19-12-20(29)15-30-14-19/h3-7,12-15,17-18H,8-11,16H2,1-2H3,(H,33,34,37)/t17-,18-. The summed E-state index contributed by atoms with van der Waals surface area (Å²) in [6.45, 7) is 3.15. The van der Waals surface area contributed by atoms with Crippen LogP contribution in [0.2, 0.25) is 5.02 Å². The monoisotopic (exact) mass is 529 g/mol. The summed E-state index contributed by atoms with van der Waals surface area (Å²) >= 11 is 6.36. The van der Waals surface area contributed by atoms with Gasteiger partial charge in [-0.25, -0.2) is 14.8 Å². The number of nitrogens with zero attached hydrogens (tertiary/aromatic N) is 6. The van der Waals surface area contributed by atoms with Crippen molar-refractivity contribution in [2.45, 2.75) is 39.2 Å². The molecule has 0 amide bonds. The molecule has 1 saturated carbocycles. The molecule has 194 valence electrons. The van der Waals surface area contributed by atoms with Gasteiger partial charge in [0, 0.05) is 37.2 Å². The minimum absolute atomic E-state index is 0.238. The number of para-hydroxylation sites is 1. The van der Waals surface area contributed by atoms with Crippen LogP contribution in [0.25, 0.3) is 33.8 Å². The first kappa shape index (κ1) is 24.4. The number of aromatic nitrogens is 6. The maximum atomic E-state index is 11.7. The molecule has 0 aliphatic heterocycles. The third kappa shape index (κ3) is 4.69. The summed E-state index contributed by atoms with van der Waals surface area (Å²) in [6, 6.07) is 13.9. The topological polar surface area (TPSA) is 106 Å². The van der Waals surface area contributed by atoms with Gasteiger partial charge < -0.3 is 9.47 Å². The summed E-state index contributed by atoms with van der Waals surface area (Å²) in [6.07, 6.45) is 8.14. The van der Waals surface area contributed by atoms with Crippen LogP contribution in [0.5, 0.6) is 0 Å². The molecule has 6 rings (SSSR count). The van der Waals surface area contributed by atoms with Gasteiger partial charge in [-0.15, -0.1) is 0 Å². The van der Waals surface area contributed by atoms with Crippen molar-refractivity contribution in [2.24, 2.45) is 11.8 Å². The summed E-state index contributed by atoms with van der Waals surface area (Å²) in [5.74, 6) is 1.70. The molecule has 0 saturated heterocycles. The van der Waals surface area contributed by atoms with Crippen LogP contribution in [-0.4, -0.2) is 36.7 Å². The van der Waals surface area contributed by atoms with E-state index in [1.807, 2.05) is 37.4 Å². The Balaban J connectivity index is 1.59. The van der Waals surface area contributed by atoms with E-state index in [4.69, 9.17) is 26.1 Å². The molecular formula is C28H28ClN7O2.